The largest absolute Gasteiger partial charge is 0.455 e. The second-order valence-corrected chi connectivity index (χ2v) is 7.02. The minimum absolute atomic E-state index is 0.0135. The molecule has 0 saturated carbocycles. The minimum Gasteiger partial charge on any atom is -0.455 e. The highest BCUT2D eigenvalue weighted by Gasteiger charge is 2.17. The summed E-state index contributed by atoms with van der Waals surface area (Å²) in [4.78, 5) is 32.9. The Hall–Kier alpha value is -4.03. The maximum Gasteiger partial charge on any atom is 0.312 e. The van der Waals surface area contributed by atoms with Crippen molar-refractivity contribution in [1.82, 2.24) is 9.97 Å². The summed E-state index contributed by atoms with van der Waals surface area (Å²) >= 11 is 1.38. The highest BCUT2D eigenvalue weighted by atomic mass is 32.1. The van der Waals surface area contributed by atoms with Crippen molar-refractivity contribution in [3.63, 3.8) is 0 Å². The van der Waals surface area contributed by atoms with Gasteiger partial charge in [0.1, 0.15) is 22.3 Å². The molecular weight excluding hydrogens is 404 g/mol. The molecule has 4 rings (SSSR count). The third-order valence-corrected chi connectivity index (χ3v) is 5.00. The van der Waals surface area contributed by atoms with Gasteiger partial charge in [-0.25, -0.2) is 4.98 Å². The van der Waals surface area contributed by atoms with Crippen molar-refractivity contribution in [2.24, 2.45) is 0 Å². The molecule has 8 nitrogen and oxygen atoms in total. The number of amides is 1. The van der Waals surface area contributed by atoms with E-state index in [4.69, 9.17) is 9.15 Å². The molecule has 0 unspecified atom stereocenters. The summed E-state index contributed by atoms with van der Waals surface area (Å²) in [7, 11) is 0. The summed E-state index contributed by atoms with van der Waals surface area (Å²) in [6, 6.07) is 14.4. The van der Waals surface area contributed by atoms with Crippen LogP contribution >= 0.6 is 11.3 Å². The van der Waals surface area contributed by atoms with Crippen molar-refractivity contribution in [2.45, 2.75) is 6.42 Å². The SMILES string of the molecule is N#Cc1oc2ccccc2c1NC(=O)COC(=O)Cc1csc(-c2ccccn2)n1. The first-order chi connectivity index (χ1) is 14.6. The zero-order chi connectivity index (χ0) is 20.9. The number of ether oxygens (including phenoxy) is 1. The Morgan fingerprint density at radius 3 is 2.83 bits per heavy atom. The summed E-state index contributed by atoms with van der Waals surface area (Å²) in [5.41, 5.74) is 2.00. The minimum atomic E-state index is -0.583. The van der Waals surface area contributed by atoms with Crippen LogP contribution in [0.4, 0.5) is 5.69 Å². The van der Waals surface area contributed by atoms with E-state index in [2.05, 4.69) is 15.3 Å². The monoisotopic (exact) mass is 418 g/mol. The molecule has 0 fully saturated rings. The number of carbonyl (C=O) groups is 2. The average Bonchev–Trinajstić information content (AvgIpc) is 3.38. The molecule has 0 atom stereocenters. The predicted molar refractivity (Wildman–Crippen MR) is 110 cm³/mol. The number of aromatic nitrogens is 2. The maximum absolute atomic E-state index is 12.2. The maximum atomic E-state index is 12.2. The van der Waals surface area contributed by atoms with Crippen molar-refractivity contribution in [1.29, 1.82) is 5.26 Å². The predicted octanol–water partition coefficient (Wildman–Crippen LogP) is 3.55. The number of pyridine rings is 1. The molecule has 9 heteroatoms. The molecule has 0 aliphatic carbocycles. The first-order valence-corrected chi connectivity index (χ1v) is 9.75. The molecule has 3 aromatic heterocycles. The standard InChI is InChI=1S/C21H14N4O4S/c22-10-17-20(14-5-1-2-7-16(14)29-17)25-18(26)11-28-19(27)9-13-12-30-21(24-13)15-6-3-4-8-23-15/h1-8,12H,9,11H2,(H,25,26). The zero-order valence-corrected chi connectivity index (χ0v) is 16.3. The molecule has 1 amide bonds. The molecule has 0 saturated heterocycles. The summed E-state index contributed by atoms with van der Waals surface area (Å²) in [6.45, 7) is -0.486. The van der Waals surface area contributed by atoms with Gasteiger partial charge in [-0.1, -0.05) is 18.2 Å². The van der Waals surface area contributed by atoms with Gasteiger partial charge in [-0.2, -0.15) is 5.26 Å². The summed E-state index contributed by atoms with van der Waals surface area (Å²) in [6.07, 6.45) is 1.61. The van der Waals surface area contributed by atoms with Crippen LogP contribution in [0, 0.1) is 11.3 Å². The Morgan fingerprint density at radius 1 is 1.20 bits per heavy atom. The number of para-hydroxylation sites is 1. The van der Waals surface area contributed by atoms with Crippen LogP contribution in [0.15, 0.2) is 58.5 Å². The normalized spacial score (nSPS) is 10.5. The molecule has 4 aromatic rings. The smallest absolute Gasteiger partial charge is 0.312 e. The fourth-order valence-electron chi connectivity index (χ4n) is 2.76. The molecule has 0 spiro atoms. The van der Waals surface area contributed by atoms with Gasteiger partial charge in [-0.05, 0) is 24.3 Å². The Labute approximate surface area is 174 Å². The van der Waals surface area contributed by atoms with E-state index < -0.39 is 18.5 Å². The number of carbonyl (C=O) groups excluding carboxylic acids is 2. The van der Waals surface area contributed by atoms with Gasteiger partial charge in [-0.15, -0.1) is 11.3 Å². The van der Waals surface area contributed by atoms with Gasteiger partial charge in [0, 0.05) is 17.0 Å². The molecule has 30 heavy (non-hydrogen) atoms. The third kappa shape index (κ3) is 4.19. The quantitative estimate of drug-likeness (QED) is 0.476. The number of anilines is 1. The van der Waals surface area contributed by atoms with Gasteiger partial charge in [-0.3, -0.25) is 14.6 Å². The Morgan fingerprint density at radius 2 is 2.03 bits per heavy atom. The zero-order valence-electron chi connectivity index (χ0n) is 15.5. The topological polar surface area (TPSA) is 118 Å². The molecule has 1 aromatic carbocycles. The Bertz CT molecular complexity index is 1260. The lowest BCUT2D eigenvalue weighted by Crippen LogP contribution is -2.22. The van der Waals surface area contributed by atoms with E-state index in [9.17, 15) is 14.9 Å². The van der Waals surface area contributed by atoms with Gasteiger partial charge >= 0.3 is 5.97 Å². The lowest BCUT2D eigenvalue weighted by molar-refractivity contribution is -0.146. The molecule has 0 aliphatic heterocycles. The lowest BCUT2D eigenvalue weighted by Gasteiger charge is -2.05. The number of nitrogens with one attached hydrogen (secondary N) is 1. The number of rotatable bonds is 6. The highest BCUT2D eigenvalue weighted by molar-refractivity contribution is 7.13. The number of fused-ring (bicyclic) bond motifs is 1. The second-order valence-electron chi connectivity index (χ2n) is 6.16. The first-order valence-electron chi connectivity index (χ1n) is 8.87. The molecule has 3 heterocycles. The van der Waals surface area contributed by atoms with Crippen LogP contribution in [0.1, 0.15) is 11.5 Å². The highest BCUT2D eigenvalue weighted by Crippen LogP contribution is 2.30. The van der Waals surface area contributed by atoms with E-state index in [1.807, 2.05) is 24.3 Å². The molecule has 0 radical (unpaired) electrons. The summed E-state index contributed by atoms with van der Waals surface area (Å²) < 4.78 is 10.4. The van der Waals surface area contributed by atoms with E-state index in [0.29, 0.717) is 21.7 Å². The van der Waals surface area contributed by atoms with E-state index in [1.54, 1.807) is 35.8 Å². The second kappa shape index (κ2) is 8.55. The van der Waals surface area contributed by atoms with Crippen molar-refractivity contribution in [3.05, 3.63) is 65.5 Å². The summed E-state index contributed by atoms with van der Waals surface area (Å²) in [5.74, 6) is -1.17. The van der Waals surface area contributed by atoms with Crippen LogP contribution in [0.25, 0.3) is 21.7 Å². The average molecular weight is 418 g/mol. The van der Waals surface area contributed by atoms with Crippen LogP contribution in [-0.4, -0.2) is 28.5 Å². The van der Waals surface area contributed by atoms with Crippen LogP contribution in [0.2, 0.25) is 0 Å². The fourth-order valence-corrected chi connectivity index (χ4v) is 3.56. The molecule has 148 valence electrons. The van der Waals surface area contributed by atoms with Crippen LogP contribution < -0.4 is 5.32 Å². The number of furan rings is 1. The van der Waals surface area contributed by atoms with Crippen LogP contribution in [-0.2, 0) is 20.7 Å². The number of hydrogen-bond acceptors (Lipinski definition) is 8. The Kier molecular flexibility index (Phi) is 5.50. The van der Waals surface area contributed by atoms with Gasteiger partial charge < -0.3 is 14.5 Å². The van der Waals surface area contributed by atoms with Crippen molar-refractivity contribution in [3.8, 4) is 16.8 Å². The van der Waals surface area contributed by atoms with Crippen molar-refractivity contribution in [2.75, 3.05) is 11.9 Å². The van der Waals surface area contributed by atoms with Crippen LogP contribution in [0.3, 0.4) is 0 Å². The van der Waals surface area contributed by atoms with E-state index >= 15 is 0 Å². The van der Waals surface area contributed by atoms with Crippen molar-refractivity contribution < 1.29 is 18.7 Å². The molecular formula is C21H14N4O4S. The fraction of sp³-hybridized carbons (Fsp3) is 0.0952. The van der Waals surface area contributed by atoms with Gasteiger partial charge in [0.2, 0.25) is 5.76 Å². The van der Waals surface area contributed by atoms with Gasteiger partial charge in [0.25, 0.3) is 5.91 Å². The first kappa shape index (κ1) is 19.3. The number of esters is 1. The van der Waals surface area contributed by atoms with E-state index in [0.717, 1.165) is 5.69 Å². The number of benzene rings is 1. The van der Waals surface area contributed by atoms with Gasteiger partial charge in [0.15, 0.2) is 6.61 Å². The van der Waals surface area contributed by atoms with Crippen molar-refractivity contribution >= 4 is 39.9 Å². The van der Waals surface area contributed by atoms with E-state index in [1.165, 1.54) is 11.3 Å². The third-order valence-electron chi connectivity index (χ3n) is 4.09. The van der Waals surface area contributed by atoms with Crippen LogP contribution in [0.5, 0.6) is 0 Å². The molecule has 0 aliphatic rings. The van der Waals surface area contributed by atoms with E-state index in [-0.39, 0.29) is 17.9 Å². The molecule has 1 N–H and O–H groups in total. The number of hydrogen-bond donors (Lipinski definition) is 1. The number of thiazole rings is 1. The lowest BCUT2D eigenvalue weighted by atomic mass is 10.2. The summed E-state index contributed by atoms with van der Waals surface area (Å²) in [5, 5.41) is 14.8. The van der Waals surface area contributed by atoms with Gasteiger partial charge in [0.05, 0.1) is 17.8 Å². The number of nitriles is 1. The number of nitrogens with zero attached hydrogens (tertiary/aromatic N) is 3. The Balaban J connectivity index is 1.34. The molecule has 0 bridgehead atoms.